The summed E-state index contributed by atoms with van der Waals surface area (Å²) in [4.78, 5) is 36.2. The van der Waals surface area contributed by atoms with Crippen LogP contribution in [0.4, 0.5) is 5.69 Å². The second-order valence-electron chi connectivity index (χ2n) is 7.21. The first-order valence-corrected chi connectivity index (χ1v) is 9.90. The lowest BCUT2D eigenvalue weighted by Crippen LogP contribution is -2.24. The highest BCUT2D eigenvalue weighted by Crippen LogP contribution is 2.33. The van der Waals surface area contributed by atoms with E-state index >= 15 is 0 Å². The van der Waals surface area contributed by atoms with Crippen LogP contribution < -0.4 is 4.90 Å². The number of hydrogen-bond acceptors (Lipinski definition) is 6. The largest absolute Gasteiger partial charge is 0.462 e. The second kappa shape index (κ2) is 9.82. The van der Waals surface area contributed by atoms with Crippen molar-refractivity contribution in [3.8, 4) is 0 Å². The van der Waals surface area contributed by atoms with Crippen LogP contribution in [0.3, 0.4) is 0 Å². The smallest absolute Gasteiger partial charge is 0.338 e. The summed E-state index contributed by atoms with van der Waals surface area (Å²) < 4.78 is 5.33. The number of benzene rings is 2. The topological polar surface area (TPSA) is 89.8 Å². The van der Waals surface area contributed by atoms with Gasteiger partial charge in [-0.25, -0.2) is 4.79 Å². The first kappa shape index (κ1) is 21.2. The van der Waals surface area contributed by atoms with Crippen molar-refractivity contribution in [1.29, 1.82) is 0 Å². The normalized spacial score (nSPS) is 13.8. The summed E-state index contributed by atoms with van der Waals surface area (Å²) in [6.45, 7) is 3.26. The van der Waals surface area contributed by atoms with E-state index in [1.54, 1.807) is 36.4 Å². The van der Waals surface area contributed by atoms with E-state index in [-0.39, 0.29) is 10.9 Å². The Morgan fingerprint density at radius 2 is 2.07 bits per heavy atom. The fourth-order valence-electron chi connectivity index (χ4n) is 3.50. The number of hydrogen-bond donors (Lipinski definition) is 0. The molecule has 0 N–H and O–H groups in total. The van der Waals surface area contributed by atoms with Crippen LogP contribution in [-0.4, -0.2) is 42.9 Å². The van der Waals surface area contributed by atoms with Crippen molar-refractivity contribution in [2.45, 2.75) is 25.8 Å². The molecule has 0 fully saturated rings. The van der Waals surface area contributed by atoms with Gasteiger partial charge in [-0.1, -0.05) is 24.3 Å². The Labute approximate surface area is 175 Å². The van der Waals surface area contributed by atoms with Gasteiger partial charge in [-0.3, -0.25) is 14.9 Å². The van der Waals surface area contributed by atoms with Gasteiger partial charge >= 0.3 is 5.97 Å². The third-order valence-electron chi connectivity index (χ3n) is 5.05. The average Bonchev–Trinajstić information content (AvgIpc) is 3.17. The quantitative estimate of drug-likeness (QED) is 0.206. The molecule has 30 heavy (non-hydrogen) atoms. The molecule has 0 bridgehead atoms. The molecule has 7 heteroatoms. The van der Waals surface area contributed by atoms with E-state index in [1.165, 1.54) is 13.0 Å². The number of nitrogens with zero attached hydrogens (tertiary/aromatic N) is 2. The highest BCUT2D eigenvalue weighted by atomic mass is 16.6. The molecule has 156 valence electrons. The number of rotatable bonds is 9. The lowest BCUT2D eigenvalue weighted by atomic mass is 10.0. The average molecular weight is 408 g/mol. The zero-order valence-corrected chi connectivity index (χ0v) is 16.8. The molecule has 2 aromatic carbocycles. The van der Waals surface area contributed by atoms with Crippen LogP contribution in [0.25, 0.3) is 6.08 Å². The van der Waals surface area contributed by atoms with Gasteiger partial charge in [0.25, 0.3) is 0 Å². The van der Waals surface area contributed by atoms with Gasteiger partial charge in [0.05, 0.1) is 17.9 Å². The van der Waals surface area contributed by atoms with Gasteiger partial charge in [0.1, 0.15) is 0 Å². The fourth-order valence-corrected chi connectivity index (χ4v) is 3.50. The standard InChI is InChI=1S/C23H24N2O5/c1-17(25(28)29)8-9-18-14-20-10-12-24(22(20)21(15-18)16-26)11-5-13-30-23(27)19-6-3-2-4-7-19/h2-4,6-9,14-17H,5,10-13H2,1H3/b9-8+. The molecule has 0 aromatic heterocycles. The Morgan fingerprint density at radius 3 is 2.77 bits per heavy atom. The van der Waals surface area contributed by atoms with Crippen LogP contribution in [0.1, 0.15) is 45.2 Å². The van der Waals surface area contributed by atoms with E-state index in [9.17, 15) is 19.7 Å². The highest BCUT2D eigenvalue weighted by Gasteiger charge is 2.23. The molecule has 7 nitrogen and oxygen atoms in total. The van der Waals surface area contributed by atoms with Crippen molar-refractivity contribution < 1.29 is 19.2 Å². The van der Waals surface area contributed by atoms with Gasteiger partial charge in [0.15, 0.2) is 6.29 Å². The molecule has 3 rings (SSSR count). The zero-order valence-electron chi connectivity index (χ0n) is 16.8. The highest BCUT2D eigenvalue weighted by molar-refractivity contribution is 5.89. The Balaban J connectivity index is 1.60. The first-order chi connectivity index (χ1) is 14.5. The Hall–Kier alpha value is -3.48. The van der Waals surface area contributed by atoms with E-state index in [2.05, 4.69) is 4.90 Å². The summed E-state index contributed by atoms with van der Waals surface area (Å²) in [5.41, 5.74) is 3.83. The van der Waals surface area contributed by atoms with Gasteiger partial charge in [0.2, 0.25) is 6.04 Å². The van der Waals surface area contributed by atoms with Gasteiger partial charge in [0, 0.05) is 30.5 Å². The molecule has 0 saturated heterocycles. The van der Waals surface area contributed by atoms with Crippen molar-refractivity contribution in [2.24, 2.45) is 0 Å². The summed E-state index contributed by atoms with van der Waals surface area (Å²) in [5.74, 6) is -0.341. The van der Waals surface area contributed by atoms with Crippen molar-refractivity contribution in [3.63, 3.8) is 0 Å². The van der Waals surface area contributed by atoms with Crippen LogP contribution >= 0.6 is 0 Å². The number of fused-ring (bicyclic) bond motifs is 1. The maximum Gasteiger partial charge on any atom is 0.338 e. The molecular weight excluding hydrogens is 384 g/mol. The van der Waals surface area contributed by atoms with Gasteiger partial charge in [-0.05, 0) is 54.3 Å². The van der Waals surface area contributed by atoms with Crippen molar-refractivity contribution >= 4 is 24.0 Å². The number of carbonyl (C=O) groups is 2. The molecule has 1 aliphatic heterocycles. The molecule has 0 aliphatic carbocycles. The number of carbonyl (C=O) groups excluding carboxylic acids is 2. The van der Waals surface area contributed by atoms with Crippen molar-refractivity contribution in [1.82, 2.24) is 0 Å². The molecule has 1 unspecified atom stereocenters. The summed E-state index contributed by atoms with van der Waals surface area (Å²) >= 11 is 0. The van der Waals surface area contributed by atoms with Crippen LogP contribution in [-0.2, 0) is 11.2 Å². The summed E-state index contributed by atoms with van der Waals surface area (Å²) in [6.07, 6.45) is 5.47. The minimum atomic E-state index is -0.784. The van der Waals surface area contributed by atoms with Gasteiger partial charge in [-0.15, -0.1) is 0 Å². The van der Waals surface area contributed by atoms with Crippen LogP contribution in [0.15, 0.2) is 48.5 Å². The molecule has 0 radical (unpaired) electrons. The maximum absolute atomic E-state index is 12.0. The predicted molar refractivity (Wildman–Crippen MR) is 115 cm³/mol. The molecular formula is C23H24N2O5. The monoisotopic (exact) mass is 408 g/mol. The van der Waals surface area contributed by atoms with Gasteiger partial charge < -0.3 is 9.64 Å². The van der Waals surface area contributed by atoms with E-state index in [1.807, 2.05) is 12.1 Å². The lowest BCUT2D eigenvalue weighted by molar-refractivity contribution is -0.504. The van der Waals surface area contributed by atoms with Crippen molar-refractivity contribution in [2.75, 3.05) is 24.6 Å². The van der Waals surface area contributed by atoms with E-state index in [0.29, 0.717) is 30.7 Å². The SMILES string of the molecule is CC(/C=C/c1cc(C=O)c2c(c1)CCN2CCCOC(=O)c1ccccc1)[N+](=O)[O-]. The second-order valence-corrected chi connectivity index (χ2v) is 7.21. The number of nitro groups is 1. The first-order valence-electron chi connectivity index (χ1n) is 9.90. The number of aldehydes is 1. The summed E-state index contributed by atoms with van der Waals surface area (Å²) in [6, 6.07) is 11.8. The Kier molecular flexibility index (Phi) is 6.95. The van der Waals surface area contributed by atoms with Crippen LogP contribution in [0, 0.1) is 10.1 Å². The molecule has 0 saturated carbocycles. The van der Waals surface area contributed by atoms with Gasteiger partial charge in [-0.2, -0.15) is 0 Å². The Morgan fingerprint density at radius 1 is 1.30 bits per heavy atom. The molecule has 0 amide bonds. The lowest BCUT2D eigenvalue weighted by Gasteiger charge is -2.21. The third kappa shape index (κ3) is 5.11. The Bertz CT molecular complexity index is 956. The molecule has 2 aromatic rings. The predicted octanol–water partition coefficient (Wildman–Crippen LogP) is 3.79. The number of anilines is 1. The minimum absolute atomic E-state index is 0.301. The van der Waals surface area contributed by atoms with Crippen LogP contribution in [0.2, 0.25) is 0 Å². The minimum Gasteiger partial charge on any atom is -0.462 e. The van der Waals surface area contributed by atoms with E-state index < -0.39 is 6.04 Å². The van der Waals surface area contributed by atoms with E-state index in [4.69, 9.17) is 4.74 Å². The number of ether oxygens (including phenoxy) is 1. The zero-order chi connectivity index (χ0) is 21.5. The third-order valence-corrected chi connectivity index (χ3v) is 5.05. The van der Waals surface area contributed by atoms with E-state index in [0.717, 1.165) is 36.1 Å². The molecule has 1 atom stereocenters. The van der Waals surface area contributed by atoms with Crippen LogP contribution in [0.5, 0.6) is 0 Å². The number of esters is 1. The van der Waals surface area contributed by atoms with Crippen molar-refractivity contribution in [3.05, 3.63) is 80.9 Å². The molecule has 1 aliphatic rings. The maximum atomic E-state index is 12.0. The fraction of sp³-hybridized carbons (Fsp3) is 0.304. The molecule has 1 heterocycles. The molecule has 0 spiro atoms. The summed E-state index contributed by atoms with van der Waals surface area (Å²) in [7, 11) is 0. The summed E-state index contributed by atoms with van der Waals surface area (Å²) in [5, 5.41) is 10.8.